The molecule has 12 nitrogen and oxygen atoms in total. The zero-order chi connectivity index (χ0) is 27.6. The molecule has 0 aliphatic rings. The zero-order valence-electron chi connectivity index (χ0n) is 21.3. The van der Waals surface area contributed by atoms with Crippen molar-refractivity contribution in [3.05, 3.63) is 35.9 Å². The summed E-state index contributed by atoms with van der Waals surface area (Å²) < 4.78 is 0. The molecule has 206 valence electrons. The Morgan fingerprint density at radius 1 is 0.838 bits per heavy atom. The van der Waals surface area contributed by atoms with E-state index in [1.807, 2.05) is 6.26 Å². The predicted octanol–water partition coefficient (Wildman–Crippen LogP) is -0.824. The van der Waals surface area contributed by atoms with Gasteiger partial charge in [-0.2, -0.15) is 11.8 Å². The molecule has 0 saturated carbocycles. The van der Waals surface area contributed by atoms with Gasteiger partial charge in [0, 0.05) is 12.1 Å². The van der Waals surface area contributed by atoms with Crippen molar-refractivity contribution in [2.75, 3.05) is 25.1 Å². The van der Waals surface area contributed by atoms with Gasteiger partial charge in [0.1, 0.15) is 18.1 Å². The van der Waals surface area contributed by atoms with Gasteiger partial charge in [-0.1, -0.05) is 18.2 Å². The van der Waals surface area contributed by atoms with Crippen LogP contribution in [0.4, 0.5) is 0 Å². The normalized spacial score (nSPS) is 13.0. The van der Waals surface area contributed by atoms with Gasteiger partial charge < -0.3 is 38.9 Å². The number of guanidine groups is 1. The van der Waals surface area contributed by atoms with E-state index in [1.54, 1.807) is 30.3 Å². The van der Waals surface area contributed by atoms with E-state index in [2.05, 4.69) is 20.9 Å². The Labute approximate surface area is 222 Å². The van der Waals surface area contributed by atoms with Gasteiger partial charge in [-0.15, -0.1) is 0 Å². The quantitative estimate of drug-likeness (QED) is 0.0711. The van der Waals surface area contributed by atoms with Crippen LogP contribution >= 0.6 is 11.8 Å². The van der Waals surface area contributed by atoms with Crippen LogP contribution in [0.15, 0.2) is 35.3 Å². The van der Waals surface area contributed by atoms with E-state index in [0.717, 1.165) is 0 Å². The van der Waals surface area contributed by atoms with Crippen molar-refractivity contribution in [3.8, 4) is 0 Å². The molecular weight excluding hydrogens is 496 g/mol. The summed E-state index contributed by atoms with van der Waals surface area (Å²) >= 11 is 1.52. The molecule has 0 fully saturated rings. The van der Waals surface area contributed by atoms with E-state index < -0.39 is 41.8 Å². The van der Waals surface area contributed by atoms with Crippen molar-refractivity contribution < 1.29 is 19.2 Å². The first-order valence-electron chi connectivity index (χ1n) is 12.2. The number of hydrogen-bond acceptors (Lipinski definition) is 7. The van der Waals surface area contributed by atoms with Crippen molar-refractivity contribution in [1.29, 1.82) is 0 Å². The third kappa shape index (κ3) is 13.0. The molecule has 0 unspecified atom stereocenters. The summed E-state index contributed by atoms with van der Waals surface area (Å²) in [4.78, 5) is 54.8. The lowest BCUT2D eigenvalue weighted by atomic mass is 10.0. The molecule has 0 heterocycles. The molecule has 0 bridgehead atoms. The second kappa shape index (κ2) is 18.0. The molecule has 1 rings (SSSR count). The van der Waals surface area contributed by atoms with Crippen LogP contribution in [0.1, 0.15) is 48.9 Å². The monoisotopic (exact) mass is 536 g/mol. The minimum atomic E-state index is -0.949. The Morgan fingerprint density at radius 3 is 2.00 bits per heavy atom. The average molecular weight is 537 g/mol. The van der Waals surface area contributed by atoms with E-state index >= 15 is 0 Å². The van der Waals surface area contributed by atoms with E-state index in [1.165, 1.54) is 11.8 Å². The smallest absolute Gasteiger partial charge is 0.251 e. The number of nitrogens with one attached hydrogen (secondary N) is 3. The number of nitrogens with zero attached hydrogens (tertiary/aromatic N) is 1. The van der Waals surface area contributed by atoms with Gasteiger partial charge >= 0.3 is 0 Å². The van der Waals surface area contributed by atoms with E-state index in [0.29, 0.717) is 50.0 Å². The first-order valence-corrected chi connectivity index (χ1v) is 13.6. The van der Waals surface area contributed by atoms with Crippen LogP contribution in [0.3, 0.4) is 0 Å². The summed E-state index contributed by atoms with van der Waals surface area (Å²) in [7, 11) is 0. The van der Waals surface area contributed by atoms with Crippen molar-refractivity contribution in [1.82, 2.24) is 16.0 Å². The van der Waals surface area contributed by atoms with Crippen molar-refractivity contribution in [2.45, 2.75) is 56.7 Å². The molecule has 0 spiro atoms. The number of hydrogen-bond donors (Lipinski definition) is 7. The maximum Gasteiger partial charge on any atom is 0.251 e. The Balaban J connectivity index is 3.02. The highest BCUT2D eigenvalue weighted by Gasteiger charge is 2.28. The molecule has 0 aliphatic heterocycles. The molecule has 0 aliphatic carbocycles. The third-order valence-electron chi connectivity index (χ3n) is 5.45. The Morgan fingerprint density at radius 2 is 1.43 bits per heavy atom. The van der Waals surface area contributed by atoms with Gasteiger partial charge in [0.05, 0.1) is 0 Å². The standard InChI is InChI=1S/C24H40N8O4S/c1-37-15-12-17(20(26)33)30-22(35)18(10-5-6-13-25)32-23(36)19(11-7-14-29-24(27)28)31-21(34)16-8-3-2-4-9-16/h2-4,8-9,17-19H,5-7,10-15,25H2,1H3,(H2,26,33)(H,30,35)(H,31,34)(H,32,36)(H4,27,28,29)/t17-,18-,19-/m0/s1. The first-order chi connectivity index (χ1) is 17.7. The van der Waals surface area contributed by atoms with E-state index in [-0.39, 0.29) is 18.9 Å². The summed E-state index contributed by atoms with van der Waals surface area (Å²) in [6, 6.07) is 5.72. The highest BCUT2D eigenvalue weighted by molar-refractivity contribution is 7.98. The minimum Gasteiger partial charge on any atom is -0.370 e. The van der Waals surface area contributed by atoms with Crippen LogP contribution in [0.5, 0.6) is 0 Å². The fourth-order valence-corrected chi connectivity index (χ4v) is 3.90. The molecule has 11 N–H and O–H groups in total. The van der Waals surface area contributed by atoms with Crippen LogP contribution in [0.25, 0.3) is 0 Å². The topological polar surface area (TPSA) is 221 Å². The van der Waals surface area contributed by atoms with Crippen LogP contribution in [-0.4, -0.2) is 72.8 Å². The van der Waals surface area contributed by atoms with Crippen molar-refractivity contribution in [2.24, 2.45) is 27.9 Å². The molecule has 0 radical (unpaired) electrons. The number of benzene rings is 1. The van der Waals surface area contributed by atoms with Gasteiger partial charge in [0.2, 0.25) is 17.7 Å². The number of rotatable bonds is 18. The summed E-state index contributed by atoms with van der Waals surface area (Å²) in [6.07, 6.45) is 4.42. The van der Waals surface area contributed by atoms with Crippen LogP contribution in [-0.2, 0) is 14.4 Å². The predicted molar refractivity (Wildman–Crippen MR) is 147 cm³/mol. The Hall–Kier alpha value is -3.32. The second-order valence-corrected chi connectivity index (χ2v) is 9.42. The lowest BCUT2D eigenvalue weighted by Crippen LogP contribution is -2.56. The lowest BCUT2D eigenvalue weighted by molar-refractivity contribution is -0.132. The molecular formula is C24H40N8O4S. The summed E-state index contributed by atoms with van der Waals surface area (Å²) in [5.74, 6) is -1.59. The molecule has 1 aromatic rings. The number of thioether (sulfide) groups is 1. The number of nitrogens with two attached hydrogens (primary N) is 4. The number of amides is 4. The number of primary amides is 1. The fourth-order valence-electron chi connectivity index (χ4n) is 3.43. The van der Waals surface area contributed by atoms with Crippen molar-refractivity contribution >= 4 is 41.4 Å². The highest BCUT2D eigenvalue weighted by atomic mass is 32.2. The van der Waals surface area contributed by atoms with Gasteiger partial charge in [0.15, 0.2) is 5.96 Å². The van der Waals surface area contributed by atoms with Crippen LogP contribution < -0.4 is 38.9 Å². The SMILES string of the molecule is CSCC[C@H](NC(=O)[C@H](CCCCN)NC(=O)[C@H](CCCN=C(N)N)NC(=O)c1ccccc1)C(N)=O. The van der Waals surface area contributed by atoms with Crippen molar-refractivity contribution in [3.63, 3.8) is 0 Å². The Bertz CT molecular complexity index is 896. The first kappa shape index (κ1) is 31.7. The lowest BCUT2D eigenvalue weighted by Gasteiger charge is -2.25. The molecule has 3 atom stereocenters. The second-order valence-electron chi connectivity index (χ2n) is 8.43. The summed E-state index contributed by atoms with van der Waals surface area (Å²) in [5, 5.41) is 8.11. The average Bonchev–Trinajstić information content (AvgIpc) is 2.87. The molecule has 1 aromatic carbocycles. The molecule has 13 heteroatoms. The largest absolute Gasteiger partial charge is 0.370 e. The summed E-state index contributed by atoms with van der Waals surface area (Å²) in [5.41, 5.74) is 22.2. The van der Waals surface area contributed by atoms with E-state index in [4.69, 9.17) is 22.9 Å². The third-order valence-corrected chi connectivity index (χ3v) is 6.10. The van der Waals surface area contributed by atoms with Gasteiger partial charge in [-0.25, -0.2) is 0 Å². The number of unbranched alkanes of at least 4 members (excludes halogenated alkanes) is 1. The molecule has 0 aromatic heterocycles. The number of carbonyl (C=O) groups is 4. The minimum absolute atomic E-state index is 0.0727. The zero-order valence-corrected chi connectivity index (χ0v) is 22.1. The number of carbonyl (C=O) groups excluding carboxylic acids is 4. The van der Waals surface area contributed by atoms with Gasteiger partial charge in [-0.3, -0.25) is 24.2 Å². The van der Waals surface area contributed by atoms with Gasteiger partial charge in [-0.05, 0) is 69.2 Å². The molecule has 37 heavy (non-hydrogen) atoms. The number of aliphatic imine (C=N–C) groups is 1. The Kier molecular flexibility index (Phi) is 15.4. The van der Waals surface area contributed by atoms with E-state index in [9.17, 15) is 19.2 Å². The maximum absolute atomic E-state index is 13.3. The maximum atomic E-state index is 13.3. The van der Waals surface area contributed by atoms with Crippen LogP contribution in [0.2, 0.25) is 0 Å². The van der Waals surface area contributed by atoms with Gasteiger partial charge in [0.25, 0.3) is 5.91 Å². The molecule has 4 amide bonds. The highest BCUT2D eigenvalue weighted by Crippen LogP contribution is 2.08. The molecule has 0 saturated heterocycles. The van der Waals surface area contributed by atoms with Crippen LogP contribution in [0, 0.1) is 0 Å². The summed E-state index contributed by atoms with van der Waals surface area (Å²) in [6.45, 7) is 0.698. The fraction of sp³-hybridized carbons (Fsp3) is 0.542.